The molecule has 1 aromatic heterocycles. The van der Waals surface area contributed by atoms with Crippen LogP contribution in [0.1, 0.15) is 43.2 Å². The fourth-order valence-corrected chi connectivity index (χ4v) is 5.01. The zero-order valence-corrected chi connectivity index (χ0v) is 16.0. The molecule has 0 bridgehead atoms. The third-order valence-electron chi connectivity index (χ3n) is 4.93. The van der Waals surface area contributed by atoms with E-state index >= 15 is 0 Å². The maximum atomic E-state index is 12.2. The molecule has 1 N–H and O–H groups in total. The van der Waals surface area contributed by atoms with Gasteiger partial charge in [-0.05, 0) is 35.1 Å². The van der Waals surface area contributed by atoms with Crippen LogP contribution >= 0.6 is 11.8 Å². The van der Waals surface area contributed by atoms with Gasteiger partial charge in [-0.3, -0.25) is 0 Å². The van der Waals surface area contributed by atoms with Gasteiger partial charge in [-0.2, -0.15) is 0 Å². The fraction of sp³-hybridized carbons (Fsp3) is 0.333. The largest absolute Gasteiger partial charge is 0.480 e. The smallest absolute Gasteiger partial charge is 0.327 e. The van der Waals surface area contributed by atoms with Gasteiger partial charge in [0.25, 0.3) is 0 Å². The number of carbonyl (C=O) groups is 1. The zero-order chi connectivity index (χ0) is 18.5. The van der Waals surface area contributed by atoms with Gasteiger partial charge in [-0.1, -0.05) is 68.9 Å². The Balaban J connectivity index is 1.81. The molecule has 2 aromatic carbocycles. The molecule has 0 fully saturated rings. The van der Waals surface area contributed by atoms with Crippen LogP contribution in [-0.2, 0) is 11.2 Å². The Labute approximate surface area is 157 Å². The van der Waals surface area contributed by atoms with Crippen molar-refractivity contribution in [2.24, 2.45) is 5.41 Å². The molecule has 2 atom stereocenters. The second kappa shape index (κ2) is 6.16. The number of imidazole rings is 1. The van der Waals surface area contributed by atoms with Gasteiger partial charge in [0.15, 0.2) is 5.16 Å². The van der Waals surface area contributed by atoms with E-state index in [1.54, 1.807) is 11.8 Å². The summed E-state index contributed by atoms with van der Waals surface area (Å²) in [5.41, 5.74) is 4.00. The Morgan fingerprint density at radius 2 is 1.88 bits per heavy atom. The van der Waals surface area contributed by atoms with Crippen molar-refractivity contribution in [3.05, 3.63) is 59.7 Å². The number of aromatic nitrogens is 2. The summed E-state index contributed by atoms with van der Waals surface area (Å²) in [5, 5.41) is 11.1. The zero-order valence-electron chi connectivity index (χ0n) is 15.1. The number of fused-ring (bicyclic) bond motifs is 2. The third kappa shape index (κ3) is 2.80. The molecule has 4 rings (SSSR count). The average Bonchev–Trinajstić information content (AvgIpc) is 2.89. The first-order valence-electron chi connectivity index (χ1n) is 8.80. The van der Waals surface area contributed by atoms with E-state index in [0.717, 1.165) is 22.6 Å². The Morgan fingerprint density at radius 3 is 2.58 bits per heavy atom. The molecule has 0 saturated heterocycles. The quantitative estimate of drug-likeness (QED) is 0.698. The van der Waals surface area contributed by atoms with Crippen LogP contribution in [0.4, 0.5) is 0 Å². The molecule has 0 saturated carbocycles. The van der Waals surface area contributed by atoms with E-state index in [1.807, 2.05) is 49.6 Å². The molecule has 1 heterocycles. The summed E-state index contributed by atoms with van der Waals surface area (Å²) in [6.07, 6.45) is 0.997. The summed E-state index contributed by atoms with van der Waals surface area (Å²) in [7, 11) is 0. The minimum atomic E-state index is -0.823. The lowest BCUT2D eigenvalue weighted by molar-refractivity contribution is -0.144. The monoisotopic (exact) mass is 366 g/mol. The lowest BCUT2D eigenvalue weighted by Crippen LogP contribution is -2.32. The number of carboxylic acids is 1. The Morgan fingerprint density at radius 1 is 1.19 bits per heavy atom. The van der Waals surface area contributed by atoms with E-state index in [1.165, 1.54) is 11.1 Å². The molecule has 0 radical (unpaired) electrons. The highest BCUT2D eigenvalue weighted by molar-refractivity contribution is 7.99. The minimum Gasteiger partial charge on any atom is -0.480 e. The number of hydrogen-bond donors (Lipinski definition) is 1. The molecular weight excluding hydrogens is 344 g/mol. The molecular formula is C21H22N2O2S. The summed E-state index contributed by atoms with van der Waals surface area (Å²) < 4.78 is 1.92. The first-order valence-corrected chi connectivity index (χ1v) is 9.68. The molecule has 0 amide bonds. The van der Waals surface area contributed by atoms with Gasteiger partial charge in [-0.15, -0.1) is 0 Å². The molecule has 0 aliphatic heterocycles. The Bertz CT molecular complexity index is 987. The van der Waals surface area contributed by atoms with E-state index < -0.39 is 17.4 Å². The van der Waals surface area contributed by atoms with E-state index in [2.05, 4.69) is 24.3 Å². The van der Waals surface area contributed by atoms with E-state index in [-0.39, 0.29) is 0 Å². The first kappa shape index (κ1) is 17.2. The van der Waals surface area contributed by atoms with Crippen LogP contribution in [0.3, 0.4) is 0 Å². The van der Waals surface area contributed by atoms with Crippen molar-refractivity contribution in [1.29, 1.82) is 0 Å². The Kier molecular flexibility index (Phi) is 4.07. The molecule has 0 spiro atoms. The van der Waals surface area contributed by atoms with Crippen molar-refractivity contribution in [3.63, 3.8) is 0 Å². The fourth-order valence-electron chi connectivity index (χ4n) is 3.67. The molecule has 134 valence electrons. The summed E-state index contributed by atoms with van der Waals surface area (Å²) in [4.78, 5) is 16.9. The van der Waals surface area contributed by atoms with Crippen molar-refractivity contribution in [2.45, 2.75) is 43.6 Å². The van der Waals surface area contributed by atoms with Crippen molar-refractivity contribution < 1.29 is 9.90 Å². The standard InChI is InChI=1S/C21H22N2O2S/c1-21(2,3)18(19(24)25)23-16-11-7-6-10-15(16)22-20(23)26-17-12-13-8-4-5-9-14(13)17/h4-11,17-18H,12H2,1-3H3,(H,24,25). The highest BCUT2D eigenvalue weighted by atomic mass is 32.2. The van der Waals surface area contributed by atoms with Crippen LogP contribution in [0.15, 0.2) is 53.7 Å². The van der Waals surface area contributed by atoms with Gasteiger partial charge in [0.1, 0.15) is 6.04 Å². The van der Waals surface area contributed by atoms with Crippen molar-refractivity contribution in [3.8, 4) is 0 Å². The van der Waals surface area contributed by atoms with Crippen LogP contribution < -0.4 is 0 Å². The molecule has 1 aliphatic rings. The summed E-state index contributed by atoms with van der Waals surface area (Å²) in [5.74, 6) is -0.823. The van der Waals surface area contributed by atoms with Gasteiger partial charge in [0.05, 0.1) is 11.0 Å². The van der Waals surface area contributed by atoms with Crippen LogP contribution in [0.2, 0.25) is 0 Å². The van der Waals surface area contributed by atoms with Crippen molar-refractivity contribution >= 4 is 28.8 Å². The highest BCUT2D eigenvalue weighted by Crippen LogP contribution is 2.48. The van der Waals surface area contributed by atoms with Gasteiger partial charge >= 0.3 is 5.97 Å². The number of aliphatic carboxylic acids is 1. The van der Waals surface area contributed by atoms with Gasteiger partial charge in [-0.25, -0.2) is 9.78 Å². The van der Waals surface area contributed by atoms with E-state index in [4.69, 9.17) is 4.98 Å². The molecule has 3 aromatic rings. The number of benzene rings is 2. The second-order valence-corrected chi connectivity index (χ2v) is 9.04. The van der Waals surface area contributed by atoms with Crippen LogP contribution in [-0.4, -0.2) is 20.6 Å². The lowest BCUT2D eigenvalue weighted by Gasteiger charge is -2.32. The predicted octanol–water partition coefficient (Wildman–Crippen LogP) is 5.10. The van der Waals surface area contributed by atoms with Crippen molar-refractivity contribution in [2.75, 3.05) is 0 Å². The van der Waals surface area contributed by atoms with Crippen LogP contribution in [0, 0.1) is 5.41 Å². The van der Waals surface area contributed by atoms with Crippen molar-refractivity contribution in [1.82, 2.24) is 9.55 Å². The van der Waals surface area contributed by atoms with E-state index in [9.17, 15) is 9.90 Å². The highest BCUT2D eigenvalue weighted by Gasteiger charge is 2.37. The third-order valence-corrected chi connectivity index (χ3v) is 6.13. The second-order valence-electron chi connectivity index (χ2n) is 7.87. The lowest BCUT2D eigenvalue weighted by atomic mass is 9.86. The molecule has 1 aliphatic carbocycles. The van der Waals surface area contributed by atoms with Crippen LogP contribution in [0.5, 0.6) is 0 Å². The number of carboxylic acid groups (broad SMARTS) is 1. The molecule has 26 heavy (non-hydrogen) atoms. The maximum absolute atomic E-state index is 12.2. The average molecular weight is 366 g/mol. The maximum Gasteiger partial charge on any atom is 0.327 e. The number of thioether (sulfide) groups is 1. The topological polar surface area (TPSA) is 55.1 Å². The minimum absolute atomic E-state index is 0.330. The first-order chi connectivity index (χ1) is 12.4. The van der Waals surface area contributed by atoms with Gasteiger partial charge in [0.2, 0.25) is 0 Å². The summed E-state index contributed by atoms with van der Waals surface area (Å²) in [6.45, 7) is 5.90. The molecule has 5 heteroatoms. The molecule has 2 unspecified atom stereocenters. The number of para-hydroxylation sites is 2. The van der Waals surface area contributed by atoms with Gasteiger partial charge < -0.3 is 9.67 Å². The normalized spacial score (nSPS) is 17.6. The predicted molar refractivity (Wildman–Crippen MR) is 105 cm³/mol. The SMILES string of the molecule is CC(C)(C)C(C(=O)O)n1c(SC2Cc3ccccc32)nc2ccccc21. The molecule has 4 nitrogen and oxygen atoms in total. The number of nitrogens with zero attached hydrogens (tertiary/aromatic N) is 2. The summed E-state index contributed by atoms with van der Waals surface area (Å²) >= 11 is 1.68. The number of hydrogen-bond acceptors (Lipinski definition) is 3. The van der Waals surface area contributed by atoms with Gasteiger partial charge in [0, 0.05) is 5.25 Å². The Hall–Kier alpha value is -2.27. The van der Waals surface area contributed by atoms with Crippen LogP contribution in [0.25, 0.3) is 11.0 Å². The van der Waals surface area contributed by atoms with E-state index in [0.29, 0.717) is 5.25 Å². The number of rotatable bonds is 4. The summed E-state index contributed by atoms with van der Waals surface area (Å²) in [6, 6.07) is 15.6.